The Hall–Kier alpha value is -2.12. The van der Waals surface area contributed by atoms with Gasteiger partial charge in [0.2, 0.25) is 0 Å². The molecule has 1 fully saturated rings. The molecule has 1 aliphatic rings. The Morgan fingerprint density at radius 2 is 2.05 bits per heavy atom. The van der Waals surface area contributed by atoms with Crippen LogP contribution < -0.4 is 0 Å². The van der Waals surface area contributed by atoms with Crippen molar-refractivity contribution in [1.29, 1.82) is 5.26 Å². The molecule has 0 aliphatic carbocycles. The van der Waals surface area contributed by atoms with E-state index in [0.29, 0.717) is 5.92 Å². The minimum atomic E-state index is 0.626. The molecule has 0 spiro atoms. The number of nitrogens with zero attached hydrogens (tertiary/aromatic N) is 4. The average Bonchev–Trinajstić information content (AvgIpc) is 2.95. The summed E-state index contributed by atoms with van der Waals surface area (Å²) in [6, 6.07) is 10.2. The lowest BCUT2D eigenvalue weighted by atomic mass is 9.91. The molecule has 3 rings (SSSR count). The van der Waals surface area contributed by atoms with Crippen molar-refractivity contribution in [2.75, 3.05) is 13.1 Å². The van der Waals surface area contributed by atoms with Crippen LogP contribution in [0, 0.1) is 11.3 Å². The molecular formula is C17H20N4. The number of aromatic nitrogens is 2. The molecule has 4 nitrogen and oxygen atoms in total. The fraction of sp³-hybridized carbons (Fsp3) is 0.412. The van der Waals surface area contributed by atoms with Gasteiger partial charge < -0.3 is 0 Å². The molecule has 2 heterocycles. The molecule has 1 saturated heterocycles. The number of likely N-dealkylation sites (tertiary alicyclic amines) is 1. The van der Waals surface area contributed by atoms with E-state index in [4.69, 9.17) is 5.26 Å². The van der Waals surface area contributed by atoms with Crippen molar-refractivity contribution < 1.29 is 0 Å². The second kappa shape index (κ2) is 6.11. The summed E-state index contributed by atoms with van der Waals surface area (Å²) in [6.45, 7) is 3.04. The Kier molecular flexibility index (Phi) is 4.03. The Morgan fingerprint density at radius 1 is 1.29 bits per heavy atom. The topological polar surface area (TPSA) is 44.9 Å². The fourth-order valence-corrected chi connectivity index (χ4v) is 3.08. The van der Waals surface area contributed by atoms with E-state index >= 15 is 0 Å². The predicted octanol–water partition coefficient (Wildman–Crippen LogP) is 2.67. The zero-order valence-electron chi connectivity index (χ0n) is 12.4. The van der Waals surface area contributed by atoms with Crippen molar-refractivity contribution in [3.05, 3.63) is 53.3 Å². The van der Waals surface area contributed by atoms with Gasteiger partial charge >= 0.3 is 0 Å². The molecule has 0 unspecified atom stereocenters. The highest BCUT2D eigenvalue weighted by Gasteiger charge is 2.22. The van der Waals surface area contributed by atoms with E-state index in [1.807, 2.05) is 36.1 Å². The van der Waals surface area contributed by atoms with Gasteiger partial charge in [-0.05, 0) is 49.0 Å². The van der Waals surface area contributed by atoms with Crippen LogP contribution in [0.3, 0.4) is 0 Å². The SMILES string of the molecule is Cn1cc(C2CCN(Cc3ccccc3C#N)CC2)cn1. The summed E-state index contributed by atoms with van der Waals surface area (Å²) in [6.07, 6.45) is 6.46. The summed E-state index contributed by atoms with van der Waals surface area (Å²) in [5, 5.41) is 13.4. The van der Waals surface area contributed by atoms with Crippen LogP contribution in [0.2, 0.25) is 0 Å². The molecule has 0 bridgehead atoms. The highest BCUT2D eigenvalue weighted by atomic mass is 15.2. The van der Waals surface area contributed by atoms with Crippen LogP contribution in [0.1, 0.15) is 35.4 Å². The van der Waals surface area contributed by atoms with Gasteiger partial charge in [-0.1, -0.05) is 18.2 Å². The lowest BCUT2D eigenvalue weighted by Gasteiger charge is -2.31. The van der Waals surface area contributed by atoms with Crippen molar-refractivity contribution in [1.82, 2.24) is 14.7 Å². The second-order valence-electron chi connectivity index (χ2n) is 5.77. The molecule has 108 valence electrons. The van der Waals surface area contributed by atoms with E-state index in [2.05, 4.69) is 28.3 Å². The second-order valence-corrected chi connectivity index (χ2v) is 5.77. The number of benzene rings is 1. The molecule has 21 heavy (non-hydrogen) atoms. The zero-order valence-corrected chi connectivity index (χ0v) is 12.4. The minimum absolute atomic E-state index is 0.626. The van der Waals surface area contributed by atoms with Crippen molar-refractivity contribution in [3.8, 4) is 6.07 Å². The van der Waals surface area contributed by atoms with Crippen LogP contribution >= 0.6 is 0 Å². The maximum atomic E-state index is 9.16. The number of piperidine rings is 1. The molecule has 0 saturated carbocycles. The summed E-state index contributed by atoms with van der Waals surface area (Å²) < 4.78 is 1.88. The first-order chi connectivity index (χ1) is 10.3. The van der Waals surface area contributed by atoms with Gasteiger partial charge in [0.15, 0.2) is 0 Å². The van der Waals surface area contributed by atoms with Gasteiger partial charge in [-0.25, -0.2) is 0 Å². The van der Waals surface area contributed by atoms with E-state index in [0.717, 1.165) is 30.8 Å². The lowest BCUT2D eigenvalue weighted by Crippen LogP contribution is -2.32. The predicted molar refractivity (Wildman–Crippen MR) is 81.6 cm³/mol. The quantitative estimate of drug-likeness (QED) is 0.868. The zero-order chi connectivity index (χ0) is 14.7. The first-order valence-corrected chi connectivity index (χ1v) is 7.45. The maximum Gasteiger partial charge on any atom is 0.0995 e. The first kappa shape index (κ1) is 13.8. The number of nitriles is 1. The van der Waals surface area contributed by atoms with Gasteiger partial charge in [0.05, 0.1) is 17.8 Å². The highest BCUT2D eigenvalue weighted by Crippen LogP contribution is 2.28. The van der Waals surface area contributed by atoms with E-state index in [-0.39, 0.29) is 0 Å². The van der Waals surface area contributed by atoms with Crippen molar-refractivity contribution in [2.45, 2.75) is 25.3 Å². The summed E-state index contributed by atoms with van der Waals surface area (Å²) in [5.41, 5.74) is 3.29. The Bertz CT molecular complexity index is 645. The van der Waals surface area contributed by atoms with Gasteiger partial charge in [-0.15, -0.1) is 0 Å². The number of rotatable bonds is 3. The average molecular weight is 280 g/mol. The Morgan fingerprint density at radius 3 is 2.71 bits per heavy atom. The third-order valence-electron chi connectivity index (χ3n) is 4.32. The van der Waals surface area contributed by atoms with Gasteiger partial charge in [0, 0.05) is 19.8 Å². The fourth-order valence-electron chi connectivity index (χ4n) is 3.08. The Labute approximate surface area is 125 Å². The lowest BCUT2D eigenvalue weighted by molar-refractivity contribution is 0.204. The van der Waals surface area contributed by atoms with Crippen molar-refractivity contribution in [3.63, 3.8) is 0 Å². The van der Waals surface area contributed by atoms with Crippen LogP contribution in [-0.2, 0) is 13.6 Å². The van der Waals surface area contributed by atoms with Crippen LogP contribution in [0.25, 0.3) is 0 Å². The smallest absolute Gasteiger partial charge is 0.0995 e. The standard InChI is InChI=1S/C17H20N4/c1-20-12-17(11-19-20)14-6-8-21(9-7-14)13-16-5-3-2-4-15(16)10-18/h2-5,11-12,14H,6-9,13H2,1H3. The Balaban J connectivity index is 1.60. The maximum absolute atomic E-state index is 9.16. The molecule has 0 radical (unpaired) electrons. The van der Waals surface area contributed by atoms with Gasteiger partial charge in [-0.3, -0.25) is 9.58 Å². The van der Waals surface area contributed by atoms with E-state index in [9.17, 15) is 0 Å². The summed E-state index contributed by atoms with van der Waals surface area (Å²) in [5.74, 6) is 0.626. The van der Waals surface area contributed by atoms with Gasteiger partial charge in [0.25, 0.3) is 0 Å². The molecule has 1 aromatic heterocycles. The summed E-state index contributed by atoms with van der Waals surface area (Å²) in [4.78, 5) is 2.45. The van der Waals surface area contributed by atoms with Crippen molar-refractivity contribution in [2.24, 2.45) is 7.05 Å². The molecule has 0 atom stereocenters. The van der Waals surface area contributed by atoms with Crippen LogP contribution in [0.15, 0.2) is 36.7 Å². The van der Waals surface area contributed by atoms with Crippen LogP contribution in [0.5, 0.6) is 0 Å². The van der Waals surface area contributed by atoms with E-state index in [1.54, 1.807) is 0 Å². The van der Waals surface area contributed by atoms with E-state index < -0.39 is 0 Å². The molecule has 4 heteroatoms. The largest absolute Gasteiger partial charge is 0.299 e. The molecule has 1 aliphatic heterocycles. The summed E-state index contributed by atoms with van der Waals surface area (Å²) >= 11 is 0. The van der Waals surface area contributed by atoms with Gasteiger partial charge in [-0.2, -0.15) is 10.4 Å². The minimum Gasteiger partial charge on any atom is -0.299 e. The number of hydrogen-bond acceptors (Lipinski definition) is 3. The van der Waals surface area contributed by atoms with E-state index in [1.165, 1.54) is 18.4 Å². The molecule has 0 N–H and O–H groups in total. The van der Waals surface area contributed by atoms with Crippen LogP contribution in [0.4, 0.5) is 0 Å². The van der Waals surface area contributed by atoms with Crippen molar-refractivity contribution >= 4 is 0 Å². The molecule has 0 amide bonds. The molecular weight excluding hydrogens is 260 g/mol. The number of aryl methyl sites for hydroxylation is 1. The normalized spacial score (nSPS) is 16.8. The highest BCUT2D eigenvalue weighted by molar-refractivity contribution is 5.37. The van der Waals surface area contributed by atoms with Crippen LogP contribution in [-0.4, -0.2) is 27.8 Å². The van der Waals surface area contributed by atoms with Gasteiger partial charge in [0.1, 0.15) is 0 Å². The first-order valence-electron chi connectivity index (χ1n) is 7.45. The number of hydrogen-bond donors (Lipinski definition) is 0. The monoisotopic (exact) mass is 280 g/mol. The third kappa shape index (κ3) is 3.14. The molecule has 1 aromatic carbocycles. The third-order valence-corrected chi connectivity index (χ3v) is 4.32. The molecule has 2 aromatic rings. The summed E-state index contributed by atoms with van der Waals surface area (Å²) in [7, 11) is 1.97.